The number of nitrogens with two attached hydrogens (primary N) is 1. The van der Waals surface area contributed by atoms with Crippen LogP contribution >= 0.6 is 0 Å². The van der Waals surface area contributed by atoms with Crippen LogP contribution in [0.3, 0.4) is 0 Å². The van der Waals surface area contributed by atoms with Crippen LogP contribution in [0.2, 0.25) is 0 Å². The first-order valence-corrected chi connectivity index (χ1v) is 8.35. The number of nitrogens with zero attached hydrogens (tertiary/aromatic N) is 1. The molecular weight excluding hydrogens is 250 g/mol. The highest BCUT2D eigenvalue weighted by Gasteiger charge is 2.27. The second-order valence-electron chi connectivity index (χ2n) is 6.82. The summed E-state index contributed by atoms with van der Waals surface area (Å²) in [6.07, 6.45) is 8.16. The number of piperidine rings is 1. The van der Waals surface area contributed by atoms with Gasteiger partial charge in [-0.15, -0.1) is 0 Å². The van der Waals surface area contributed by atoms with Crippen molar-refractivity contribution in [3.8, 4) is 0 Å². The molecule has 1 saturated carbocycles. The maximum Gasteiger partial charge on any atom is 0.223 e. The van der Waals surface area contributed by atoms with E-state index in [1.165, 1.54) is 32.2 Å². The predicted molar refractivity (Wildman–Crippen MR) is 82.4 cm³/mol. The molecule has 2 fully saturated rings. The van der Waals surface area contributed by atoms with E-state index in [0.29, 0.717) is 17.7 Å². The van der Waals surface area contributed by atoms with Crippen molar-refractivity contribution in [2.45, 2.75) is 44.9 Å². The van der Waals surface area contributed by atoms with Gasteiger partial charge in [0.1, 0.15) is 0 Å². The lowest BCUT2D eigenvalue weighted by molar-refractivity contribution is -0.126. The van der Waals surface area contributed by atoms with E-state index in [0.717, 1.165) is 38.9 Å². The van der Waals surface area contributed by atoms with Crippen molar-refractivity contribution in [1.82, 2.24) is 10.2 Å². The Morgan fingerprint density at radius 2 is 2.05 bits per heavy atom. The number of hydrogen-bond donors (Lipinski definition) is 2. The Bertz CT molecular complexity index is 306. The molecule has 3 atom stereocenters. The number of nitrogens with one attached hydrogen (secondary N) is 1. The zero-order valence-electron chi connectivity index (χ0n) is 12.9. The molecule has 3 unspecified atom stereocenters. The zero-order valence-corrected chi connectivity index (χ0v) is 12.9. The minimum Gasteiger partial charge on any atom is -0.356 e. The standard InChI is InChI=1S/C16H31N3O/c1-19-9-3-5-14(12-19)11-18-16(20)15-6-2-4-13(10-15)7-8-17/h13-15H,2-12,17H2,1H3,(H,18,20). The van der Waals surface area contributed by atoms with Crippen LogP contribution in [0, 0.1) is 17.8 Å². The number of hydrogen-bond acceptors (Lipinski definition) is 3. The molecule has 0 aromatic heterocycles. The second-order valence-corrected chi connectivity index (χ2v) is 6.82. The third-order valence-electron chi connectivity index (χ3n) is 5.02. The number of rotatable bonds is 5. The molecule has 20 heavy (non-hydrogen) atoms. The Balaban J connectivity index is 1.71. The molecule has 4 nitrogen and oxygen atoms in total. The first-order valence-electron chi connectivity index (χ1n) is 8.35. The molecule has 1 aliphatic carbocycles. The van der Waals surface area contributed by atoms with Gasteiger partial charge in [-0.1, -0.05) is 12.8 Å². The molecule has 0 radical (unpaired) electrons. The number of carbonyl (C=O) groups is 1. The fourth-order valence-corrected chi connectivity index (χ4v) is 3.86. The lowest BCUT2D eigenvalue weighted by atomic mass is 9.79. The van der Waals surface area contributed by atoms with E-state index in [1.54, 1.807) is 0 Å². The summed E-state index contributed by atoms with van der Waals surface area (Å²) in [4.78, 5) is 14.7. The molecule has 0 aromatic rings. The molecule has 4 heteroatoms. The van der Waals surface area contributed by atoms with Crippen LogP contribution in [0.25, 0.3) is 0 Å². The summed E-state index contributed by atoms with van der Waals surface area (Å²) in [5, 5.41) is 3.21. The van der Waals surface area contributed by atoms with Crippen molar-refractivity contribution in [3.05, 3.63) is 0 Å². The van der Waals surface area contributed by atoms with Crippen LogP contribution in [0.4, 0.5) is 0 Å². The quantitative estimate of drug-likeness (QED) is 0.805. The second kappa shape index (κ2) is 7.99. The fourth-order valence-electron chi connectivity index (χ4n) is 3.86. The van der Waals surface area contributed by atoms with Crippen molar-refractivity contribution in [2.75, 3.05) is 33.2 Å². The van der Waals surface area contributed by atoms with Crippen molar-refractivity contribution >= 4 is 5.91 Å². The lowest BCUT2D eigenvalue weighted by Gasteiger charge is -2.31. The first kappa shape index (κ1) is 15.8. The van der Waals surface area contributed by atoms with E-state index in [2.05, 4.69) is 17.3 Å². The van der Waals surface area contributed by atoms with Gasteiger partial charge in [-0.3, -0.25) is 4.79 Å². The molecule has 116 valence electrons. The Hall–Kier alpha value is -0.610. The highest BCUT2D eigenvalue weighted by molar-refractivity contribution is 5.78. The van der Waals surface area contributed by atoms with E-state index in [4.69, 9.17) is 5.73 Å². The maximum atomic E-state index is 12.3. The number of likely N-dealkylation sites (tertiary alicyclic amines) is 1. The van der Waals surface area contributed by atoms with E-state index >= 15 is 0 Å². The molecule has 0 aromatic carbocycles. The Morgan fingerprint density at radius 1 is 1.25 bits per heavy atom. The molecule has 1 saturated heterocycles. The normalized spacial score (nSPS) is 32.0. The van der Waals surface area contributed by atoms with Gasteiger partial charge >= 0.3 is 0 Å². The van der Waals surface area contributed by atoms with Gasteiger partial charge in [0.25, 0.3) is 0 Å². The average Bonchev–Trinajstić information content (AvgIpc) is 2.45. The van der Waals surface area contributed by atoms with Gasteiger partial charge in [0, 0.05) is 19.0 Å². The zero-order chi connectivity index (χ0) is 14.4. The summed E-state index contributed by atoms with van der Waals surface area (Å²) >= 11 is 0. The molecule has 1 amide bonds. The van der Waals surface area contributed by atoms with Crippen LogP contribution in [0.5, 0.6) is 0 Å². The molecule has 1 heterocycles. The van der Waals surface area contributed by atoms with Crippen molar-refractivity contribution in [1.29, 1.82) is 0 Å². The Kier molecular flexibility index (Phi) is 6.30. The molecular formula is C16H31N3O. The van der Waals surface area contributed by atoms with Crippen LogP contribution in [-0.4, -0.2) is 44.0 Å². The van der Waals surface area contributed by atoms with Gasteiger partial charge in [-0.2, -0.15) is 0 Å². The lowest BCUT2D eigenvalue weighted by Crippen LogP contribution is -2.41. The minimum absolute atomic E-state index is 0.238. The molecule has 0 spiro atoms. The molecule has 2 aliphatic rings. The third-order valence-corrected chi connectivity index (χ3v) is 5.02. The van der Waals surface area contributed by atoms with Gasteiger partial charge < -0.3 is 16.0 Å². The van der Waals surface area contributed by atoms with Crippen molar-refractivity contribution < 1.29 is 4.79 Å². The average molecular weight is 281 g/mol. The fraction of sp³-hybridized carbons (Fsp3) is 0.938. The van der Waals surface area contributed by atoms with Gasteiger partial charge in [0.15, 0.2) is 0 Å². The van der Waals surface area contributed by atoms with Gasteiger partial charge in [-0.25, -0.2) is 0 Å². The summed E-state index contributed by atoms with van der Waals surface area (Å²) in [6, 6.07) is 0. The van der Waals surface area contributed by atoms with Gasteiger partial charge in [0.05, 0.1) is 0 Å². The SMILES string of the molecule is CN1CCCC(CNC(=O)C2CCCC(CCN)C2)C1. The Labute approximate surface area is 123 Å². The number of carbonyl (C=O) groups excluding carboxylic acids is 1. The monoisotopic (exact) mass is 281 g/mol. The van der Waals surface area contributed by atoms with E-state index in [9.17, 15) is 4.79 Å². The van der Waals surface area contributed by atoms with Gasteiger partial charge in [-0.05, 0) is 64.1 Å². The summed E-state index contributed by atoms with van der Waals surface area (Å²) in [5.74, 6) is 1.84. The van der Waals surface area contributed by atoms with Crippen LogP contribution < -0.4 is 11.1 Å². The van der Waals surface area contributed by atoms with E-state index in [-0.39, 0.29) is 5.92 Å². The highest BCUT2D eigenvalue weighted by Crippen LogP contribution is 2.31. The highest BCUT2D eigenvalue weighted by atomic mass is 16.1. The first-order chi connectivity index (χ1) is 9.69. The maximum absolute atomic E-state index is 12.3. The molecule has 1 aliphatic heterocycles. The summed E-state index contributed by atoms with van der Waals surface area (Å²) < 4.78 is 0. The van der Waals surface area contributed by atoms with Crippen molar-refractivity contribution in [2.24, 2.45) is 23.5 Å². The smallest absolute Gasteiger partial charge is 0.223 e. The largest absolute Gasteiger partial charge is 0.356 e. The number of amides is 1. The summed E-state index contributed by atoms with van der Waals surface area (Å²) in [6.45, 7) is 3.95. The van der Waals surface area contributed by atoms with Crippen LogP contribution in [0.1, 0.15) is 44.9 Å². The van der Waals surface area contributed by atoms with Crippen LogP contribution in [-0.2, 0) is 4.79 Å². The molecule has 3 N–H and O–H groups in total. The van der Waals surface area contributed by atoms with E-state index < -0.39 is 0 Å². The summed E-state index contributed by atoms with van der Waals surface area (Å²) in [5.41, 5.74) is 5.64. The van der Waals surface area contributed by atoms with E-state index in [1.807, 2.05) is 0 Å². The van der Waals surface area contributed by atoms with Crippen molar-refractivity contribution in [3.63, 3.8) is 0 Å². The molecule has 0 bridgehead atoms. The van der Waals surface area contributed by atoms with Gasteiger partial charge in [0.2, 0.25) is 5.91 Å². The Morgan fingerprint density at radius 3 is 2.80 bits per heavy atom. The predicted octanol–water partition coefficient (Wildman–Crippen LogP) is 1.60. The topological polar surface area (TPSA) is 58.4 Å². The molecule has 2 rings (SSSR count). The minimum atomic E-state index is 0.238. The summed E-state index contributed by atoms with van der Waals surface area (Å²) in [7, 11) is 2.17. The van der Waals surface area contributed by atoms with Crippen LogP contribution in [0.15, 0.2) is 0 Å². The third kappa shape index (κ3) is 4.74.